The van der Waals surface area contributed by atoms with Crippen molar-refractivity contribution in [2.75, 3.05) is 13.6 Å². The van der Waals surface area contributed by atoms with Crippen molar-refractivity contribution in [1.82, 2.24) is 10.0 Å². The van der Waals surface area contributed by atoms with Gasteiger partial charge in [0.15, 0.2) is 0 Å². The van der Waals surface area contributed by atoms with E-state index in [9.17, 15) is 12.8 Å². The minimum atomic E-state index is -3.77. The zero-order valence-corrected chi connectivity index (χ0v) is 12.8. The molecule has 0 spiro atoms. The van der Waals surface area contributed by atoms with Crippen molar-refractivity contribution in [2.45, 2.75) is 31.7 Å². The normalized spacial score (nSPS) is 20.9. The lowest BCUT2D eigenvalue weighted by atomic mass is 10.1. The van der Waals surface area contributed by atoms with Crippen LogP contribution in [0.4, 0.5) is 4.39 Å². The molecule has 6 heteroatoms. The van der Waals surface area contributed by atoms with Gasteiger partial charge in [0.2, 0.25) is 10.0 Å². The Labute approximate surface area is 119 Å². The molecule has 112 valence electrons. The third-order valence-electron chi connectivity index (χ3n) is 3.90. The quantitative estimate of drug-likeness (QED) is 0.843. The smallest absolute Gasteiger partial charge is 0.243 e. The number of nitrogens with one attached hydrogen (secondary N) is 2. The highest BCUT2D eigenvalue weighted by molar-refractivity contribution is 7.89. The summed E-state index contributed by atoms with van der Waals surface area (Å²) in [5, 5.41) is 2.90. The summed E-state index contributed by atoms with van der Waals surface area (Å²) >= 11 is 0. The summed E-state index contributed by atoms with van der Waals surface area (Å²) in [5.41, 5.74) is 0.907. The average molecular weight is 300 g/mol. The van der Waals surface area contributed by atoms with E-state index in [-0.39, 0.29) is 10.3 Å². The molecule has 0 heterocycles. The van der Waals surface area contributed by atoms with E-state index in [2.05, 4.69) is 23.9 Å². The number of halogens is 1. The standard InChI is InChI=1S/C14H21FN2O2S/c1-14(2)7-11(14)9-17-20(18,19)13-5-4-10(8-16-3)6-12(13)15/h4-6,11,16-17H,7-9H2,1-3H3. The van der Waals surface area contributed by atoms with Crippen LogP contribution < -0.4 is 10.0 Å². The first-order chi connectivity index (χ1) is 9.26. The largest absolute Gasteiger partial charge is 0.316 e. The molecule has 1 aliphatic carbocycles. The van der Waals surface area contributed by atoms with E-state index in [1.807, 2.05) is 0 Å². The Morgan fingerprint density at radius 1 is 1.40 bits per heavy atom. The molecule has 0 radical (unpaired) electrons. The highest BCUT2D eigenvalue weighted by atomic mass is 32.2. The predicted molar refractivity (Wildman–Crippen MR) is 76.2 cm³/mol. The van der Waals surface area contributed by atoms with Crippen LogP contribution in [0.15, 0.2) is 23.1 Å². The van der Waals surface area contributed by atoms with Crippen molar-refractivity contribution in [3.8, 4) is 0 Å². The van der Waals surface area contributed by atoms with Gasteiger partial charge in [-0.05, 0) is 42.5 Å². The summed E-state index contributed by atoms with van der Waals surface area (Å²) in [6.07, 6.45) is 0.999. The maximum Gasteiger partial charge on any atom is 0.243 e. The second-order valence-corrected chi connectivity index (χ2v) is 7.77. The Bertz CT molecular complexity index is 599. The van der Waals surface area contributed by atoms with Crippen molar-refractivity contribution >= 4 is 10.0 Å². The van der Waals surface area contributed by atoms with Crippen molar-refractivity contribution < 1.29 is 12.8 Å². The number of hydrogen-bond donors (Lipinski definition) is 2. The van der Waals surface area contributed by atoms with Crippen LogP contribution in [0.3, 0.4) is 0 Å². The van der Waals surface area contributed by atoms with Gasteiger partial charge >= 0.3 is 0 Å². The topological polar surface area (TPSA) is 58.2 Å². The maximum absolute atomic E-state index is 13.9. The van der Waals surface area contributed by atoms with Crippen LogP contribution in [0.5, 0.6) is 0 Å². The van der Waals surface area contributed by atoms with Crippen molar-refractivity contribution in [3.63, 3.8) is 0 Å². The molecule has 1 fully saturated rings. The Balaban J connectivity index is 2.09. The first-order valence-electron chi connectivity index (χ1n) is 6.69. The summed E-state index contributed by atoms with van der Waals surface area (Å²) in [6, 6.07) is 4.20. The highest BCUT2D eigenvalue weighted by Crippen LogP contribution is 2.51. The van der Waals surface area contributed by atoms with Crippen LogP contribution in [-0.4, -0.2) is 22.0 Å². The summed E-state index contributed by atoms with van der Waals surface area (Å²) in [6.45, 7) is 5.06. The van der Waals surface area contributed by atoms with E-state index >= 15 is 0 Å². The van der Waals surface area contributed by atoms with Crippen LogP contribution in [0, 0.1) is 17.2 Å². The molecule has 1 saturated carbocycles. The zero-order chi connectivity index (χ0) is 15.0. The van der Waals surface area contributed by atoms with Crippen molar-refractivity contribution in [1.29, 1.82) is 0 Å². The molecule has 1 aliphatic rings. The van der Waals surface area contributed by atoms with Crippen LogP contribution in [-0.2, 0) is 16.6 Å². The van der Waals surface area contributed by atoms with Crippen LogP contribution in [0.2, 0.25) is 0 Å². The number of sulfonamides is 1. The molecule has 1 aromatic rings. The molecule has 0 amide bonds. The van der Waals surface area contributed by atoms with E-state index in [1.165, 1.54) is 12.1 Å². The van der Waals surface area contributed by atoms with Crippen molar-refractivity contribution in [3.05, 3.63) is 29.6 Å². The first-order valence-corrected chi connectivity index (χ1v) is 8.17. The van der Waals surface area contributed by atoms with E-state index < -0.39 is 15.8 Å². The molecule has 20 heavy (non-hydrogen) atoms. The van der Waals surface area contributed by atoms with E-state index in [4.69, 9.17) is 0 Å². The van der Waals surface area contributed by atoms with Gasteiger partial charge in [0.05, 0.1) is 0 Å². The molecule has 4 nitrogen and oxygen atoms in total. The number of rotatable bonds is 6. The fourth-order valence-electron chi connectivity index (χ4n) is 2.29. The average Bonchev–Trinajstić information content (AvgIpc) is 2.95. The maximum atomic E-state index is 13.9. The fraction of sp³-hybridized carbons (Fsp3) is 0.571. The predicted octanol–water partition coefficient (Wildman–Crippen LogP) is 1.87. The van der Waals surface area contributed by atoms with Gasteiger partial charge in [0, 0.05) is 13.1 Å². The Morgan fingerprint density at radius 3 is 2.55 bits per heavy atom. The summed E-state index contributed by atoms with van der Waals surface area (Å²) in [5.74, 6) is -0.371. The molecule has 0 bridgehead atoms. The van der Waals surface area contributed by atoms with Gasteiger partial charge in [0.1, 0.15) is 10.7 Å². The molecule has 1 aromatic carbocycles. The van der Waals surface area contributed by atoms with Gasteiger partial charge in [-0.3, -0.25) is 0 Å². The molecule has 2 N–H and O–H groups in total. The van der Waals surface area contributed by atoms with Gasteiger partial charge < -0.3 is 5.32 Å². The molecule has 0 aromatic heterocycles. The lowest BCUT2D eigenvalue weighted by Crippen LogP contribution is -2.27. The lowest BCUT2D eigenvalue weighted by molar-refractivity contribution is 0.530. The second-order valence-electron chi connectivity index (χ2n) is 6.04. The Kier molecular flexibility index (Phi) is 4.18. The van der Waals surface area contributed by atoms with Crippen molar-refractivity contribution in [2.24, 2.45) is 11.3 Å². The minimum Gasteiger partial charge on any atom is -0.316 e. The van der Waals surface area contributed by atoms with Crippen LogP contribution >= 0.6 is 0 Å². The summed E-state index contributed by atoms with van der Waals surface area (Å²) < 4.78 is 40.6. The highest BCUT2D eigenvalue weighted by Gasteiger charge is 2.45. The first kappa shape index (κ1) is 15.4. The molecule has 0 saturated heterocycles. The Hall–Kier alpha value is -0.980. The zero-order valence-electron chi connectivity index (χ0n) is 12.0. The molecule has 2 rings (SSSR count). The van der Waals surface area contributed by atoms with Crippen LogP contribution in [0.25, 0.3) is 0 Å². The molecule has 0 aliphatic heterocycles. The third-order valence-corrected chi connectivity index (χ3v) is 5.36. The lowest BCUT2D eigenvalue weighted by Gasteiger charge is -2.10. The fourth-order valence-corrected chi connectivity index (χ4v) is 3.43. The van der Waals surface area contributed by atoms with Gasteiger partial charge in [-0.15, -0.1) is 0 Å². The van der Waals surface area contributed by atoms with Gasteiger partial charge in [0.25, 0.3) is 0 Å². The van der Waals surface area contributed by atoms with Crippen LogP contribution in [0.1, 0.15) is 25.8 Å². The minimum absolute atomic E-state index is 0.192. The van der Waals surface area contributed by atoms with Gasteiger partial charge in [-0.2, -0.15) is 0 Å². The Morgan fingerprint density at radius 2 is 2.05 bits per heavy atom. The third kappa shape index (κ3) is 3.37. The molecule has 1 atom stereocenters. The second kappa shape index (κ2) is 5.42. The number of hydrogen-bond acceptors (Lipinski definition) is 3. The number of benzene rings is 1. The summed E-state index contributed by atoms with van der Waals surface area (Å²) in [4.78, 5) is -0.282. The van der Waals surface area contributed by atoms with E-state index in [0.717, 1.165) is 6.42 Å². The molecular formula is C14H21FN2O2S. The monoisotopic (exact) mass is 300 g/mol. The van der Waals surface area contributed by atoms with Gasteiger partial charge in [-0.1, -0.05) is 19.9 Å². The summed E-state index contributed by atoms with van der Waals surface area (Å²) in [7, 11) is -2.02. The van der Waals surface area contributed by atoms with E-state index in [0.29, 0.717) is 24.6 Å². The van der Waals surface area contributed by atoms with E-state index in [1.54, 1.807) is 13.1 Å². The molecular weight excluding hydrogens is 279 g/mol. The molecule has 1 unspecified atom stereocenters. The SMILES string of the molecule is CNCc1ccc(S(=O)(=O)NCC2CC2(C)C)c(F)c1. The van der Waals surface area contributed by atoms with Gasteiger partial charge in [-0.25, -0.2) is 17.5 Å².